The zero-order valence-corrected chi connectivity index (χ0v) is 24.4. The molecule has 0 saturated heterocycles. The molecule has 3 aromatic heterocycles. The topological polar surface area (TPSA) is 150 Å². The van der Waals surface area contributed by atoms with Crippen LogP contribution >= 0.6 is 11.6 Å². The van der Waals surface area contributed by atoms with E-state index in [1.54, 1.807) is 48.8 Å². The number of benzene rings is 2. The lowest BCUT2D eigenvalue weighted by Gasteiger charge is -2.18. The molecule has 0 aliphatic carbocycles. The van der Waals surface area contributed by atoms with Crippen LogP contribution in [0, 0.1) is 0 Å². The van der Waals surface area contributed by atoms with Crippen LogP contribution in [0.15, 0.2) is 91.5 Å². The van der Waals surface area contributed by atoms with Crippen molar-refractivity contribution in [3.8, 4) is 40.2 Å². The maximum atomic E-state index is 13.2. The van der Waals surface area contributed by atoms with E-state index in [-0.39, 0.29) is 43.3 Å². The van der Waals surface area contributed by atoms with E-state index in [9.17, 15) is 8.42 Å². The highest BCUT2D eigenvalue weighted by Crippen LogP contribution is 2.37. The van der Waals surface area contributed by atoms with Crippen LogP contribution in [0.3, 0.4) is 0 Å². The second-order valence-corrected chi connectivity index (χ2v) is 10.8. The molecular formula is C29H26ClN7O5S. The molecule has 43 heavy (non-hydrogen) atoms. The Morgan fingerprint density at radius 3 is 2.23 bits per heavy atom. The van der Waals surface area contributed by atoms with Gasteiger partial charge in [0.2, 0.25) is 5.88 Å². The summed E-state index contributed by atoms with van der Waals surface area (Å²) in [7, 11) is -2.58. The van der Waals surface area contributed by atoms with Gasteiger partial charge in [0.1, 0.15) is 13.2 Å². The first-order valence-electron chi connectivity index (χ1n) is 12.9. The minimum absolute atomic E-state index is 0.000831. The fourth-order valence-corrected chi connectivity index (χ4v) is 4.78. The second kappa shape index (κ2) is 13.9. The molecule has 0 spiro atoms. The number of aromatic nitrogens is 5. The van der Waals surface area contributed by atoms with Crippen molar-refractivity contribution in [3.05, 3.63) is 102 Å². The van der Waals surface area contributed by atoms with Gasteiger partial charge >= 0.3 is 16.2 Å². The monoisotopic (exact) mass is 619 g/mol. The van der Waals surface area contributed by atoms with Gasteiger partial charge in [0, 0.05) is 29.5 Å². The van der Waals surface area contributed by atoms with Gasteiger partial charge in [0.05, 0.1) is 25.1 Å². The van der Waals surface area contributed by atoms with Crippen LogP contribution in [-0.2, 0) is 16.8 Å². The van der Waals surface area contributed by atoms with Gasteiger partial charge in [-0.15, -0.1) is 0 Å². The standard InChI is InChI=1S/C29H26ClN7O5S/c1-40-24-18-32-29(33-19-24)42-16-15-41-28-25(21-7-9-23(30)10-8-21)27(35-26(36-28)22-11-13-31-14-12-22)37-43(38,39)34-17-20-5-3-2-4-6-20/h2-14,18-19,34H,15-17H2,1H3,(H,35,36,37). The van der Waals surface area contributed by atoms with Crippen molar-refractivity contribution >= 4 is 27.6 Å². The summed E-state index contributed by atoms with van der Waals surface area (Å²) in [5.74, 6) is 0.826. The molecule has 0 aliphatic heterocycles. The van der Waals surface area contributed by atoms with Crippen molar-refractivity contribution in [2.45, 2.75) is 6.54 Å². The van der Waals surface area contributed by atoms with Crippen LogP contribution < -0.4 is 23.7 Å². The van der Waals surface area contributed by atoms with Crippen LogP contribution in [-0.4, -0.2) is 53.7 Å². The Balaban J connectivity index is 1.48. The first-order chi connectivity index (χ1) is 20.9. The van der Waals surface area contributed by atoms with Gasteiger partial charge < -0.3 is 14.2 Å². The van der Waals surface area contributed by atoms with Crippen molar-refractivity contribution in [2.24, 2.45) is 0 Å². The minimum Gasteiger partial charge on any atom is -0.494 e. The predicted octanol–water partition coefficient (Wildman–Crippen LogP) is 4.56. The Morgan fingerprint density at radius 1 is 0.837 bits per heavy atom. The average Bonchev–Trinajstić information content (AvgIpc) is 3.04. The summed E-state index contributed by atoms with van der Waals surface area (Å²) < 4.78 is 48.3. The number of hydrogen-bond acceptors (Lipinski definition) is 10. The zero-order chi connectivity index (χ0) is 30.1. The molecule has 5 aromatic rings. The Kier molecular flexibility index (Phi) is 9.56. The lowest BCUT2D eigenvalue weighted by atomic mass is 10.1. The molecule has 0 amide bonds. The molecule has 0 bridgehead atoms. The number of rotatable bonds is 13. The van der Waals surface area contributed by atoms with Crippen LogP contribution in [0.25, 0.3) is 22.5 Å². The first-order valence-corrected chi connectivity index (χ1v) is 14.8. The number of ether oxygens (including phenoxy) is 3. The van der Waals surface area contributed by atoms with E-state index in [1.807, 2.05) is 30.3 Å². The van der Waals surface area contributed by atoms with E-state index in [4.69, 9.17) is 25.8 Å². The summed E-state index contributed by atoms with van der Waals surface area (Å²) in [6, 6.07) is 19.5. The summed E-state index contributed by atoms with van der Waals surface area (Å²) in [5.41, 5.74) is 2.26. The van der Waals surface area contributed by atoms with E-state index >= 15 is 0 Å². The highest BCUT2D eigenvalue weighted by Gasteiger charge is 2.23. The average molecular weight is 620 g/mol. The number of anilines is 1. The highest BCUT2D eigenvalue weighted by molar-refractivity contribution is 7.90. The smallest absolute Gasteiger partial charge is 0.316 e. The molecule has 14 heteroatoms. The summed E-state index contributed by atoms with van der Waals surface area (Å²) in [6.45, 7) is 0.171. The number of nitrogens with one attached hydrogen (secondary N) is 2. The second-order valence-electron chi connectivity index (χ2n) is 8.83. The van der Waals surface area contributed by atoms with Crippen molar-refractivity contribution in [3.63, 3.8) is 0 Å². The van der Waals surface area contributed by atoms with Gasteiger partial charge in [0.25, 0.3) is 0 Å². The molecule has 2 aromatic carbocycles. The van der Waals surface area contributed by atoms with Gasteiger partial charge in [0.15, 0.2) is 17.4 Å². The van der Waals surface area contributed by atoms with Gasteiger partial charge in [-0.3, -0.25) is 9.71 Å². The van der Waals surface area contributed by atoms with Gasteiger partial charge in [-0.1, -0.05) is 54.1 Å². The molecule has 12 nitrogen and oxygen atoms in total. The molecule has 0 aliphatic rings. The molecule has 5 rings (SSSR count). The van der Waals surface area contributed by atoms with E-state index in [2.05, 4.69) is 34.4 Å². The van der Waals surface area contributed by atoms with Crippen LogP contribution in [0.5, 0.6) is 17.6 Å². The highest BCUT2D eigenvalue weighted by atomic mass is 35.5. The van der Waals surface area contributed by atoms with Gasteiger partial charge in [-0.25, -0.2) is 4.98 Å². The maximum absolute atomic E-state index is 13.2. The molecule has 3 heterocycles. The molecule has 2 N–H and O–H groups in total. The molecule has 0 radical (unpaired) electrons. The van der Waals surface area contributed by atoms with Crippen molar-refractivity contribution in [1.82, 2.24) is 29.6 Å². The van der Waals surface area contributed by atoms with Crippen molar-refractivity contribution in [1.29, 1.82) is 0 Å². The van der Waals surface area contributed by atoms with E-state index in [0.29, 0.717) is 27.5 Å². The summed E-state index contributed by atoms with van der Waals surface area (Å²) >= 11 is 6.14. The lowest BCUT2D eigenvalue weighted by Crippen LogP contribution is -2.30. The lowest BCUT2D eigenvalue weighted by molar-refractivity contribution is 0.201. The van der Waals surface area contributed by atoms with E-state index < -0.39 is 10.2 Å². The molecular weight excluding hydrogens is 594 g/mol. The summed E-state index contributed by atoms with van der Waals surface area (Å²) in [6.07, 6.45) is 6.13. The number of methoxy groups -OCH3 is 1. The number of nitrogens with zero attached hydrogens (tertiary/aromatic N) is 5. The Morgan fingerprint density at radius 2 is 1.53 bits per heavy atom. The van der Waals surface area contributed by atoms with Crippen molar-refractivity contribution in [2.75, 3.05) is 25.0 Å². The third-order valence-electron chi connectivity index (χ3n) is 5.88. The van der Waals surface area contributed by atoms with Crippen LogP contribution in [0.2, 0.25) is 5.02 Å². The predicted molar refractivity (Wildman–Crippen MR) is 161 cm³/mol. The van der Waals surface area contributed by atoms with Crippen LogP contribution in [0.1, 0.15) is 5.56 Å². The van der Waals surface area contributed by atoms with E-state index in [1.165, 1.54) is 19.5 Å². The summed E-state index contributed by atoms with van der Waals surface area (Å²) in [5, 5.41) is 0.500. The fourth-order valence-electron chi connectivity index (χ4n) is 3.82. The fraction of sp³-hybridized carbons (Fsp3) is 0.138. The Bertz CT molecular complexity index is 1750. The summed E-state index contributed by atoms with van der Waals surface area (Å²) in [4.78, 5) is 21.4. The Hall–Kier alpha value is -4.85. The molecule has 0 unspecified atom stereocenters. The molecule has 0 atom stereocenters. The SMILES string of the molecule is COc1cnc(OCCOc2nc(-c3ccncc3)nc(NS(=O)(=O)NCc3ccccc3)c2-c2ccc(Cl)cc2)nc1. The van der Waals surface area contributed by atoms with Crippen molar-refractivity contribution < 1.29 is 22.6 Å². The molecule has 0 fully saturated rings. The quantitative estimate of drug-likeness (QED) is 0.179. The zero-order valence-electron chi connectivity index (χ0n) is 22.8. The Labute approximate surface area is 253 Å². The largest absolute Gasteiger partial charge is 0.494 e. The van der Waals surface area contributed by atoms with Gasteiger partial charge in [-0.05, 0) is 35.4 Å². The van der Waals surface area contributed by atoms with Crippen LogP contribution in [0.4, 0.5) is 5.82 Å². The molecule has 0 saturated carbocycles. The number of hydrogen-bond donors (Lipinski definition) is 2. The third-order valence-corrected chi connectivity index (χ3v) is 7.12. The third kappa shape index (κ3) is 8.13. The van der Waals surface area contributed by atoms with E-state index in [0.717, 1.165) is 5.56 Å². The maximum Gasteiger partial charge on any atom is 0.316 e. The number of halogens is 1. The first kappa shape index (κ1) is 29.6. The minimum atomic E-state index is -4.09. The van der Waals surface area contributed by atoms with Gasteiger partial charge in [-0.2, -0.15) is 28.1 Å². The number of pyridine rings is 1. The molecule has 220 valence electrons. The normalized spacial score (nSPS) is 11.1.